The lowest BCUT2D eigenvalue weighted by atomic mass is 10.2. The predicted octanol–water partition coefficient (Wildman–Crippen LogP) is 3.86. The van der Waals surface area contributed by atoms with Gasteiger partial charge in [-0.25, -0.2) is 5.43 Å². The van der Waals surface area contributed by atoms with Gasteiger partial charge in [0, 0.05) is 17.0 Å². The fourth-order valence-corrected chi connectivity index (χ4v) is 1.91. The minimum Gasteiger partial charge on any atom is -0.294 e. The highest BCUT2D eigenvalue weighted by Crippen LogP contribution is 2.08. The largest absolute Gasteiger partial charge is 0.294 e. The quantitative estimate of drug-likeness (QED) is 0.454. The van der Waals surface area contributed by atoms with Gasteiger partial charge in [-0.15, -0.1) is 17.5 Å². The molecule has 2 rings (SSSR count). The molecule has 0 aliphatic heterocycles. The number of halogens is 3. The van der Waals surface area contributed by atoms with E-state index >= 15 is 0 Å². The second-order valence-corrected chi connectivity index (χ2v) is 5.72. The number of hydrazone groups is 1. The lowest BCUT2D eigenvalue weighted by Gasteiger charge is -2.03. The molecule has 0 saturated carbocycles. The normalized spacial score (nSPS) is 11.4. The zero-order chi connectivity index (χ0) is 18.1. The molecule has 0 fully saturated rings. The molecule has 6 nitrogen and oxygen atoms in total. The van der Waals surface area contributed by atoms with E-state index in [1.54, 1.807) is 54.7 Å². The van der Waals surface area contributed by atoms with Crippen molar-refractivity contribution in [2.24, 2.45) is 15.3 Å². The van der Waals surface area contributed by atoms with Crippen LogP contribution >= 0.6 is 35.6 Å². The highest BCUT2D eigenvalue weighted by molar-refractivity contribution is 6.30. The minimum absolute atomic E-state index is 0. The van der Waals surface area contributed by atoms with Gasteiger partial charge in [-0.05, 0) is 35.4 Å². The van der Waals surface area contributed by atoms with Crippen molar-refractivity contribution in [2.45, 2.75) is 6.92 Å². The molecule has 0 aromatic heterocycles. The van der Waals surface area contributed by atoms with Crippen molar-refractivity contribution >= 4 is 59.9 Å². The fraction of sp³-hybridized carbons (Fsp3) is 0.0588. The van der Waals surface area contributed by atoms with Gasteiger partial charge >= 0.3 is 0 Å². The van der Waals surface area contributed by atoms with Gasteiger partial charge in [-0.2, -0.15) is 10.2 Å². The summed E-state index contributed by atoms with van der Waals surface area (Å²) in [4.78, 5) is 11.2. The predicted molar refractivity (Wildman–Crippen MR) is 110 cm³/mol. The average Bonchev–Trinajstić information content (AvgIpc) is 2.58. The number of benzene rings is 2. The molecule has 0 bridgehead atoms. The number of carbonyl (C=O) groups is 1. The number of hydrogen-bond acceptors (Lipinski definition) is 4. The van der Waals surface area contributed by atoms with Crippen molar-refractivity contribution in [3.8, 4) is 0 Å². The van der Waals surface area contributed by atoms with E-state index in [9.17, 15) is 4.79 Å². The van der Waals surface area contributed by atoms with Gasteiger partial charge in [0.05, 0.1) is 12.4 Å². The summed E-state index contributed by atoms with van der Waals surface area (Å²) in [6.07, 6.45) is 3.10. The third kappa shape index (κ3) is 8.11. The maximum atomic E-state index is 11.2. The second kappa shape index (κ2) is 11.3. The van der Waals surface area contributed by atoms with E-state index in [1.165, 1.54) is 13.1 Å². The first-order valence-electron chi connectivity index (χ1n) is 7.22. The monoisotopic (exact) mass is 411 g/mol. The third-order valence-corrected chi connectivity index (χ3v) is 3.29. The summed E-state index contributed by atoms with van der Waals surface area (Å²) in [5.74, 6) is -0.197. The first kappa shape index (κ1) is 21.6. The standard InChI is InChI=1S/C17H15Cl2N5O.ClH/c1-12(25)22-17(23-20-10-13-2-6-15(18)7-3-13)24-21-11-14-4-8-16(19)9-5-14;/h2-11H,1H3,(H2,22,23,24,25);1H/b20-10+,21-11+;. The van der Waals surface area contributed by atoms with E-state index in [4.69, 9.17) is 23.2 Å². The zero-order valence-electron chi connectivity index (χ0n) is 13.7. The van der Waals surface area contributed by atoms with E-state index in [0.717, 1.165) is 11.1 Å². The molecular formula is C17H16Cl3N5O. The molecule has 0 radical (unpaired) electrons. The smallest absolute Gasteiger partial charge is 0.243 e. The van der Waals surface area contributed by atoms with Crippen molar-refractivity contribution < 1.29 is 4.79 Å². The number of carbonyl (C=O) groups excluding carboxylic acids is 1. The molecule has 0 unspecified atom stereocenters. The highest BCUT2D eigenvalue weighted by Gasteiger charge is 1.99. The average molecular weight is 413 g/mol. The molecule has 0 atom stereocenters. The van der Waals surface area contributed by atoms with Crippen LogP contribution in [-0.2, 0) is 4.79 Å². The van der Waals surface area contributed by atoms with Crippen LogP contribution in [0.5, 0.6) is 0 Å². The van der Waals surface area contributed by atoms with Crippen LogP contribution in [0.4, 0.5) is 0 Å². The summed E-state index contributed by atoms with van der Waals surface area (Å²) in [6.45, 7) is 1.36. The zero-order valence-corrected chi connectivity index (χ0v) is 16.0. The maximum absolute atomic E-state index is 11.2. The molecule has 2 aromatic carbocycles. The van der Waals surface area contributed by atoms with Crippen LogP contribution in [0.3, 0.4) is 0 Å². The van der Waals surface area contributed by atoms with Crippen molar-refractivity contribution in [2.75, 3.05) is 0 Å². The van der Waals surface area contributed by atoms with Crippen LogP contribution in [0.1, 0.15) is 18.1 Å². The van der Waals surface area contributed by atoms with Crippen LogP contribution < -0.4 is 10.7 Å². The number of nitrogens with one attached hydrogen (secondary N) is 2. The minimum atomic E-state index is -0.297. The maximum Gasteiger partial charge on any atom is 0.243 e. The summed E-state index contributed by atoms with van der Waals surface area (Å²) in [5.41, 5.74) is 4.29. The first-order chi connectivity index (χ1) is 12.0. The molecule has 9 heteroatoms. The Labute approximate surface area is 167 Å². The molecule has 136 valence electrons. The Morgan fingerprint density at radius 2 is 1.42 bits per heavy atom. The summed E-state index contributed by atoms with van der Waals surface area (Å²) < 4.78 is 0. The number of amides is 1. The number of rotatable bonds is 4. The molecule has 2 N–H and O–H groups in total. The van der Waals surface area contributed by atoms with Gasteiger partial charge < -0.3 is 0 Å². The van der Waals surface area contributed by atoms with Crippen molar-refractivity contribution in [3.63, 3.8) is 0 Å². The topological polar surface area (TPSA) is 78.2 Å². The Morgan fingerprint density at radius 3 is 1.92 bits per heavy atom. The van der Waals surface area contributed by atoms with Crippen LogP contribution in [-0.4, -0.2) is 24.3 Å². The molecule has 0 heterocycles. The lowest BCUT2D eigenvalue weighted by molar-refractivity contribution is -0.117. The Morgan fingerprint density at radius 1 is 0.923 bits per heavy atom. The van der Waals surface area contributed by atoms with Gasteiger partial charge in [0.1, 0.15) is 0 Å². The molecule has 1 amide bonds. The van der Waals surface area contributed by atoms with Gasteiger partial charge in [0.25, 0.3) is 0 Å². The van der Waals surface area contributed by atoms with Crippen LogP contribution in [0, 0.1) is 0 Å². The van der Waals surface area contributed by atoms with Crippen LogP contribution in [0.2, 0.25) is 10.0 Å². The highest BCUT2D eigenvalue weighted by atomic mass is 35.5. The molecule has 0 spiro atoms. The van der Waals surface area contributed by atoms with Crippen LogP contribution in [0.15, 0.2) is 63.8 Å². The van der Waals surface area contributed by atoms with E-state index in [0.29, 0.717) is 10.0 Å². The van der Waals surface area contributed by atoms with E-state index < -0.39 is 0 Å². The molecule has 0 aliphatic rings. The summed E-state index contributed by atoms with van der Waals surface area (Å²) in [5, 5.41) is 15.6. The summed E-state index contributed by atoms with van der Waals surface area (Å²) in [6, 6.07) is 14.2. The van der Waals surface area contributed by atoms with Gasteiger partial charge in [0.2, 0.25) is 11.9 Å². The Kier molecular flexibility index (Phi) is 9.36. The van der Waals surface area contributed by atoms with E-state index in [-0.39, 0.29) is 24.3 Å². The molecule has 0 saturated heterocycles. The van der Waals surface area contributed by atoms with Crippen molar-refractivity contribution in [1.29, 1.82) is 0 Å². The van der Waals surface area contributed by atoms with E-state index in [1.807, 2.05) is 0 Å². The summed E-state index contributed by atoms with van der Waals surface area (Å²) in [7, 11) is 0. The second-order valence-electron chi connectivity index (χ2n) is 4.85. The van der Waals surface area contributed by atoms with Crippen molar-refractivity contribution in [3.05, 3.63) is 69.7 Å². The Balaban J connectivity index is 0.00000338. The Hall–Kier alpha value is -2.41. The number of hydrogen-bond donors (Lipinski definition) is 2. The van der Waals surface area contributed by atoms with Gasteiger partial charge in [-0.1, -0.05) is 47.5 Å². The van der Waals surface area contributed by atoms with Crippen molar-refractivity contribution in [1.82, 2.24) is 10.7 Å². The van der Waals surface area contributed by atoms with Crippen LogP contribution in [0.25, 0.3) is 0 Å². The molecular weight excluding hydrogens is 397 g/mol. The number of nitrogens with zero attached hydrogens (tertiary/aromatic N) is 3. The van der Waals surface area contributed by atoms with Gasteiger partial charge in [-0.3, -0.25) is 10.1 Å². The third-order valence-electron chi connectivity index (χ3n) is 2.78. The Bertz CT molecular complexity index is 802. The lowest BCUT2D eigenvalue weighted by Crippen LogP contribution is -2.37. The molecule has 26 heavy (non-hydrogen) atoms. The molecule has 0 aliphatic carbocycles. The van der Waals surface area contributed by atoms with Gasteiger partial charge in [0.15, 0.2) is 0 Å². The first-order valence-corrected chi connectivity index (χ1v) is 7.97. The fourth-order valence-electron chi connectivity index (χ4n) is 1.66. The van der Waals surface area contributed by atoms with E-state index in [2.05, 4.69) is 26.0 Å². The number of guanidine groups is 1. The SMILES string of the molecule is CC(=O)NC(=N/N=C/c1ccc(Cl)cc1)N/N=C/c1ccc(Cl)cc1.Cl. The summed E-state index contributed by atoms with van der Waals surface area (Å²) >= 11 is 11.6. The molecule has 2 aromatic rings.